The standard InChI is InChI=1S/C25H23NO2S/c27-29(28,25-17-9-15-22-14-7-8-16-24(22)25)26-19-18-23(20-10-3-1-4-11-20)21-12-5-2-6-13-21/h1-17,23,26H,18-19H2. The Morgan fingerprint density at radius 1 is 0.655 bits per heavy atom. The average Bonchev–Trinajstić information content (AvgIpc) is 2.77. The van der Waals surface area contributed by atoms with Gasteiger partial charge in [-0.05, 0) is 29.0 Å². The Hall–Kier alpha value is -2.95. The molecule has 4 aromatic carbocycles. The summed E-state index contributed by atoms with van der Waals surface area (Å²) in [5, 5.41) is 1.66. The van der Waals surface area contributed by atoms with Gasteiger partial charge in [-0.15, -0.1) is 0 Å². The molecule has 0 heterocycles. The van der Waals surface area contributed by atoms with Gasteiger partial charge in [0, 0.05) is 17.8 Å². The molecule has 4 aromatic rings. The maximum Gasteiger partial charge on any atom is 0.241 e. The number of sulfonamides is 1. The van der Waals surface area contributed by atoms with Crippen molar-refractivity contribution in [1.29, 1.82) is 0 Å². The van der Waals surface area contributed by atoms with E-state index in [1.165, 1.54) is 11.1 Å². The molecule has 29 heavy (non-hydrogen) atoms. The Morgan fingerprint density at radius 2 is 1.21 bits per heavy atom. The van der Waals surface area contributed by atoms with Crippen molar-refractivity contribution in [1.82, 2.24) is 4.72 Å². The van der Waals surface area contributed by atoms with Crippen LogP contribution in [-0.2, 0) is 10.0 Å². The molecule has 0 saturated heterocycles. The Balaban J connectivity index is 1.55. The number of rotatable bonds is 7. The van der Waals surface area contributed by atoms with Crippen LogP contribution < -0.4 is 4.72 Å². The molecular formula is C25H23NO2S. The van der Waals surface area contributed by atoms with Gasteiger partial charge in [0.25, 0.3) is 0 Å². The maximum absolute atomic E-state index is 13.0. The molecule has 4 rings (SSSR count). The number of fused-ring (bicyclic) bond motifs is 1. The highest BCUT2D eigenvalue weighted by atomic mass is 32.2. The van der Waals surface area contributed by atoms with Crippen LogP contribution in [0.5, 0.6) is 0 Å². The van der Waals surface area contributed by atoms with Gasteiger partial charge in [-0.25, -0.2) is 13.1 Å². The molecule has 0 amide bonds. The van der Waals surface area contributed by atoms with E-state index in [0.29, 0.717) is 17.9 Å². The van der Waals surface area contributed by atoms with E-state index < -0.39 is 10.0 Å². The third-order valence-corrected chi connectivity index (χ3v) is 6.69. The molecule has 0 aliphatic rings. The van der Waals surface area contributed by atoms with E-state index in [1.54, 1.807) is 12.1 Å². The minimum atomic E-state index is -3.60. The van der Waals surface area contributed by atoms with Gasteiger partial charge in [0.05, 0.1) is 4.90 Å². The smallest absolute Gasteiger partial charge is 0.211 e. The summed E-state index contributed by atoms with van der Waals surface area (Å²) >= 11 is 0. The molecule has 0 aromatic heterocycles. The molecule has 0 spiro atoms. The van der Waals surface area contributed by atoms with Crippen LogP contribution in [0.2, 0.25) is 0 Å². The second-order valence-corrected chi connectivity index (χ2v) is 8.77. The lowest BCUT2D eigenvalue weighted by molar-refractivity contribution is 0.576. The lowest BCUT2D eigenvalue weighted by Gasteiger charge is -2.18. The molecule has 146 valence electrons. The van der Waals surface area contributed by atoms with E-state index in [9.17, 15) is 8.42 Å². The summed E-state index contributed by atoms with van der Waals surface area (Å²) in [5.41, 5.74) is 2.37. The van der Waals surface area contributed by atoms with Crippen molar-refractivity contribution in [3.05, 3.63) is 114 Å². The number of nitrogens with one attached hydrogen (secondary N) is 1. The fourth-order valence-electron chi connectivity index (χ4n) is 3.74. The Morgan fingerprint density at radius 3 is 1.86 bits per heavy atom. The Bertz CT molecular complexity index is 1140. The zero-order chi connectivity index (χ0) is 20.1. The molecule has 3 nitrogen and oxygen atoms in total. The molecule has 0 unspecified atom stereocenters. The zero-order valence-corrected chi connectivity index (χ0v) is 16.8. The van der Waals surface area contributed by atoms with E-state index in [1.807, 2.05) is 66.7 Å². The van der Waals surface area contributed by atoms with Crippen molar-refractivity contribution in [2.75, 3.05) is 6.54 Å². The summed E-state index contributed by atoms with van der Waals surface area (Å²) in [7, 11) is -3.60. The Kier molecular flexibility index (Phi) is 5.74. The zero-order valence-electron chi connectivity index (χ0n) is 16.0. The average molecular weight is 402 g/mol. The molecule has 4 heteroatoms. The Labute approximate surface area is 172 Å². The van der Waals surface area contributed by atoms with E-state index in [0.717, 1.165) is 10.8 Å². The topological polar surface area (TPSA) is 46.2 Å². The summed E-state index contributed by atoms with van der Waals surface area (Å²) in [5.74, 6) is 0.132. The second kappa shape index (κ2) is 8.60. The van der Waals surface area contributed by atoms with Crippen LogP contribution in [0.1, 0.15) is 23.5 Å². The van der Waals surface area contributed by atoms with E-state index >= 15 is 0 Å². The van der Waals surface area contributed by atoms with Gasteiger partial charge in [0.1, 0.15) is 0 Å². The van der Waals surface area contributed by atoms with E-state index in [4.69, 9.17) is 0 Å². The van der Waals surface area contributed by atoms with Crippen molar-refractivity contribution in [3.63, 3.8) is 0 Å². The first-order valence-corrected chi connectivity index (χ1v) is 11.2. The summed E-state index contributed by atoms with van der Waals surface area (Å²) in [6.45, 7) is 0.361. The van der Waals surface area contributed by atoms with Crippen LogP contribution in [0.25, 0.3) is 10.8 Å². The van der Waals surface area contributed by atoms with Crippen molar-refractivity contribution in [3.8, 4) is 0 Å². The second-order valence-electron chi connectivity index (χ2n) is 7.04. The minimum absolute atomic E-state index is 0.132. The van der Waals surface area contributed by atoms with Crippen LogP contribution in [0.3, 0.4) is 0 Å². The lowest BCUT2D eigenvalue weighted by atomic mass is 9.89. The van der Waals surface area contributed by atoms with Gasteiger partial charge in [-0.1, -0.05) is 97.1 Å². The molecular weight excluding hydrogens is 378 g/mol. The van der Waals surface area contributed by atoms with E-state index in [2.05, 4.69) is 29.0 Å². The highest BCUT2D eigenvalue weighted by Gasteiger charge is 2.19. The first kappa shape index (κ1) is 19.4. The lowest BCUT2D eigenvalue weighted by Crippen LogP contribution is -2.26. The number of hydrogen-bond donors (Lipinski definition) is 1. The van der Waals surface area contributed by atoms with Gasteiger partial charge in [-0.2, -0.15) is 0 Å². The summed E-state index contributed by atoms with van der Waals surface area (Å²) in [6.07, 6.45) is 0.679. The van der Waals surface area contributed by atoms with Crippen molar-refractivity contribution in [2.24, 2.45) is 0 Å². The van der Waals surface area contributed by atoms with Crippen molar-refractivity contribution >= 4 is 20.8 Å². The van der Waals surface area contributed by atoms with Gasteiger partial charge in [0.2, 0.25) is 10.0 Å². The molecule has 0 radical (unpaired) electrons. The first-order chi connectivity index (χ1) is 14.1. The summed E-state index contributed by atoms with van der Waals surface area (Å²) in [4.78, 5) is 0.326. The predicted octanol–water partition coefficient (Wildman–Crippen LogP) is 5.34. The van der Waals surface area contributed by atoms with Gasteiger partial charge >= 0.3 is 0 Å². The summed E-state index contributed by atoms with van der Waals surface area (Å²) in [6, 6.07) is 33.4. The van der Waals surface area contributed by atoms with E-state index in [-0.39, 0.29) is 5.92 Å². The monoisotopic (exact) mass is 401 g/mol. The molecule has 1 N–H and O–H groups in total. The quantitative estimate of drug-likeness (QED) is 0.454. The van der Waals surface area contributed by atoms with Crippen LogP contribution >= 0.6 is 0 Å². The normalized spacial score (nSPS) is 11.8. The van der Waals surface area contributed by atoms with Crippen LogP contribution in [-0.4, -0.2) is 15.0 Å². The van der Waals surface area contributed by atoms with Crippen LogP contribution in [0.15, 0.2) is 108 Å². The van der Waals surface area contributed by atoms with Gasteiger partial charge in [0.15, 0.2) is 0 Å². The van der Waals surface area contributed by atoms with Crippen molar-refractivity contribution in [2.45, 2.75) is 17.2 Å². The number of benzene rings is 4. The number of hydrogen-bond acceptors (Lipinski definition) is 2. The highest BCUT2D eigenvalue weighted by Crippen LogP contribution is 2.28. The molecule has 0 saturated carbocycles. The summed E-state index contributed by atoms with van der Waals surface area (Å²) < 4.78 is 28.8. The van der Waals surface area contributed by atoms with Crippen LogP contribution in [0.4, 0.5) is 0 Å². The molecule has 0 fully saturated rings. The molecule has 0 bridgehead atoms. The van der Waals surface area contributed by atoms with Crippen LogP contribution in [0, 0.1) is 0 Å². The largest absolute Gasteiger partial charge is 0.241 e. The fourth-order valence-corrected chi connectivity index (χ4v) is 5.02. The third kappa shape index (κ3) is 4.39. The molecule has 0 aliphatic heterocycles. The molecule has 0 atom stereocenters. The van der Waals surface area contributed by atoms with Gasteiger partial charge in [-0.3, -0.25) is 0 Å². The molecule has 0 aliphatic carbocycles. The minimum Gasteiger partial charge on any atom is -0.211 e. The van der Waals surface area contributed by atoms with Gasteiger partial charge < -0.3 is 0 Å². The SMILES string of the molecule is O=S(=O)(NCCC(c1ccccc1)c1ccccc1)c1cccc2ccccc12. The third-order valence-electron chi connectivity index (χ3n) is 5.17. The first-order valence-electron chi connectivity index (χ1n) is 9.72. The maximum atomic E-state index is 13.0. The fraction of sp³-hybridized carbons (Fsp3) is 0.120. The van der Waals surface area contributed by atoms with Crippen molar-refractivity contribution < 1.29 is 8.42 Å². The predicted molar refractivity (Wildman–Crippen MR) is 118 cm³/mol. The highest BCUT2D eigenvalue weighted by molar-refractivity contribution is 7.89.